The summed E-state index contributed by atoms with van der Waals surface area (Å²) in [6.07, 6.45) is 0.870. The summed E-state index contributed by atoms with van der Waals surface area (Å²) >= 11 is 0. The molecular weight excluding hydrogens is 352 g/mol. The maximum absolute atomic E-state index is 12.8. The number of hydrogen-bond donors (Lipinski definition) is 1. The average molecular weight is 385 g/mol. The van der Waals surface area contributed by atoms with Crippen molar-refractivity contribution in [3.8, 4) is 5.75 Å². The van der Waals surface area contributed by atoms with Gasteiger partial charge in [-0.25, -0.2) is 13.1 Å². The molecule has 0 fully saturated rings. The van der Waals surface area contributed by atoms with Crippen LogP contribution in [0.25, 0.3) is 0 Å². The molecule has 1 amide bonds. The Kier molecular flexibility index (Phi) is 7.24. The van der Waals surface area contributed by atoms with Crippen molar-refractivity contribution in [3.05, 3.63) is 23.8 Å². The first-order valence-corrected chi connectivity index (χ1v) is 10.3. The van der Waals surface area contributed by atoms with Crippen molar-refractivity contribution in [2.75, 3.05) is 14.2 Å². The lowest BCUT2D eigenvalue weighted by atomic mass is 10.0. The molecule has 0 aliphatic rings. The largest absolute Gasteiger partial charge is 0.495 e. The predicted octanol–water partition coefficient (Wildman–Crippen LogP) is 3.28. The Labute approximate surface area is 158 Å². The standard InChI is InChI=1S/C19H32N2O4S/c1-13(2)11-14(3)21(7)18(22)15-9-10-16(25-8)17(12-15)26(23,24)20-19(4,5)6/h9-10,12-14,20H,11H2,1-8H3. The number of carbonyl (C=O) groups is 1. The van der Waals surface area contributed by atoms with Gasteiger partial charge in [-0.3, -0.25) is 4.79 Å². The normalized spacial score (nSPS) is 13.6. The van der Waals surface area contributed by atoms with Crippen molar-refractivity contribution in [2.24, 2.45) is 5.92 Å². The van der Waals surface area contributed by atoms with E-state index in [1.54, 1.807) is 38.8 Å². The van der Waals surface area contributed by atoms with Crippen LogP contribution in [-0.2, 0) is 10.0 Å². The summed E-state index contributed by atoms with van der Waals surface area (Å²) in [5.74, 6) is 0.451. The van der Waals surface area contributed by atoms with Gasteiger partial charge in [0.15, 0.2) is 0 Å². The van der Waals surface area contributed by atoms with E-state index in [4.69, 9.17) is 4.74 Å². The fraction of sp³-hybridized carbons (Fsp3) is 0.632. The van der Waals surface area contributed by atoms with Crippen LogP contribution in [-0.4, -0.2) is 45.0 Å². The monoisotopic (exact) mass is 384 g/mol. The van der Waals surface area contributed by atoms with E-state index in [9.17, 15) is 13.2 Å². The maximum Gasteiger partial charge on any atom is 0.253 e. The van der Waals surface area contributed by atoms with Gasteiger partial charge in [-0.15, -0.1) is 0 Å². The van der Waals surface area contributed by atoms with Gasteiger partial charge in [-0.2, -0.15) is 0 Å². The van der Waals surface area contributed by atoms with Crippen LogP contribution >= 0.6 is 0 Å². The number of rotatable bonds is 7. The lowest BCUT2D eigenvalue weighted by molar-refractivity contribution is 0.0728. The summed E-state index contributed by atoms with van der Waals surface area (Å²) < 4.78 is 33.3. The number of benzene rings is 1. The van der Waals surface area contributed by atoms with Crippen LogP contribution < -0.4 is 9.46 Å². The van der Waals surface area contributed by atoms with Gasteiger partial charge in [-0.1, -0.05) is 13.8 Å². The second kappa shape index (κ2) is 8.39. The third kappa shape index (κ3) is 5.99. The van der Waals surface area contributed by atoms with Gasteiger partial charge in [0.25, 0.3) is 5.91 Å². The molecule has 26 heavy (non-hydrogen) atoms. The minimum absolute atomic E-state index is 0.0364. The Hall–Kier alpha value is -1.60. The number of nitrogens with zero attached hydrogens (tertiary/aromatic N) is 1. The van der Waals surface area contributed by atoms with E-state index in [0.29, 0.717) is 11.5 Å². The smallest absolute Gasteiger partial charge is 0.253 e. The number of ether oxygens (including phenoxy) is 1. The highest BCUT2D eigenvalue weighted by Gasteiger charge is 2.27. The van der Waals surface area contributed by atoms with E-state index in [1.807, 2.05) is 6.92 Å². The number of sulfonamides is 1. The Morgan fingerprint density at radius 1 is 1.23 bits per heavy atom. The van der Waals surface area contributed by atoms with Crippen LogP contribution in [0.15, 0.2) is 23.1 Å². The molecule has 6 nitrogen and oxygen atoms in total. The molecule has 0 bridgehead atoms. The van der Waals surface area contributed by atoms with Crippen LogP contribution in [0.5, 0.6) is 5.75 Å². The number of amides is 1. The lowest BCUT2D eigenvalue weighted by Gasteiger charge is -2.27. The highest BCUT2D eigenvalue weighted by molar-refractivity contribution is 7.89. The van der Waals surface area contributed by atoms with Crippen molar-refractivity contribution < 1.29 is 17.9 Å². The molecule has 0 radical (unpaired) electrons. The van der Waals surface area contributed by atoms with Crippen molar-refractivity contribution >= 4 is 15.9 Å². The zero-order valence-electron chi connectivity index (χ0n) is 17.1. The summed E-state index contributed by atoms with van der Waals surface area (Å²) in [6.45, 7) is 11.5. The molecule has 0 spiro atoms. The van der Waals surface area contributed by atoms with Gasteiger partial charge in [0.1, 0.15) is 10.6 Å². The summed E-state index contributed by atoms with van der Waals surface area (Å²) in [5, 5.41) is 0. The summed E-state index contributed by atoms with van der Waals surface area (Å²) in [5.41, 5.74) is -0.329. The number of nitrogens with one attached hydrogen (secondary N) is 1. The molecule has 0 saturated carbocycles. The van der Waals surface area contributed by atoms with E-state index in [0.717, 1.165) is 6.42 Å². The highest BCUT2D eigenvalue weighted by Crippen LogP contribution is 2.27. The molecule has 0 heterocycles. The average Bonchev–Trinajstić information content (AvgIpc) is 2.49. The van der Waals surface area contributed by atoms with E-state index in [2.05, 4.69) is 18.6 Å². The van der Waals surface area contributed by atoms with Crippen LogP contribution in [0.4, 0.5) is 0 Å². The molecule has 0 aliphatic carbocycles. The second-order valence-corrected chi connectivity index (χ2v) is 9.77. The Balaban J connectivity index is 3.27. The van der Waals surface area contributed by atoms with Gasteiger partial charge >= 0.3 is 0 Å². The maximum atomic E-state index is 12.8. The Morgan fingerprint density at radius 3 is 2.27 bits per heavy atom. The molecular formula is C19H32N2O4S. The molecule has 7 heteroatoms. The summed E-state index contributed by atoms with van der Waals surface area (Å²) in [7, 11) is -0.684. The first-order valence-electron chi connectivity index (χ1n) is 8.77. The minimum Gasteiger partial charge on any atom is -0.495 e. The van der Waals surface area contributed by atoms with Crippen LogP contribution in [0.2, 0.25) is 0 Å². The molecule has 1 atom stereocenters. The van der Waals surface area contributed by atoms with Crippen molar-refractivity contribution in [3.63, 3.8) is 0 Å². The molecule has 1 aromatic carbocycles. The molecule has 148 valence electrons. The molecule has 1 unspecified atom stereocenters. The van der Waals surface area contributed by atoms with E-state index in [1.165, 1.54) is 19.2 Å². The van der Waals surface area contributed by atoms with Crippen molar-refractivity contribution in [1.82, 2.24) is 9.62 Å². The van der Waals surface area contributed by atoms with E-state index in [-0.39, 0.29) is 22.6 Å². The molecule has 1 rings (SSSR count). The second-order valence-electron chi connectivity index (χ2n) is 8.12. The van der Waals surface area contributed by atoms with Gasteiger partial charge in [0.05, 0.1) is 7.11 Å². The lowest BCUT2D eigenvalue weighted by Crippen LogP contribution is -2.40. The fourth-order valence-corrected chi connectivity index (χ4v) is 4.34. The topological polar surface area (TPSA) is 75.7 Å². The predicted molar refractivity (Wildman–Crippen MR) is 104 cm³/mol. The summed E-state index contributed by atoms with van der Waals surface area (Å²) in [4.78, 5) is 14.4. The first-order chi connectivity index (χ1) is 11.8. The van der Waals surface area contributed by atoms with Crippen molar-refractivity contribution in [1.29, 1.82) is 0 Å². The minimum atomic E-state index is -3.83. The van der Waals surface area contributed by atoms with E-state index < -0.39 is 15.6 Å². The molecule has 0 saturated heterocycles. The van der Waals surface area contributed by atoms with Crippen molar-refractivity contribution in [2.45, 2.75) is 64.4 Å². The quantitative estimate of drug-likeness (QED) is 0.783. The van der Waals surface area contributed by atoms with Gasteiger partial charge in [-0.05, 0) is 58.2 Å². The fourth-order valence-electron chi connectivity index (χ4n) is 2.72. The zero-order chi connectivity index (χ0) is 20.3. The third-order valence-corrected chi connectivity index (χ3v) is 5.71. The number of carbonyl (C=O) groups excluding carboxylic acids is 1. The highest BCUT2D eigenvalue weighted by atomic mass is 32.2. The third-order valence-electron chi connectivity index (χ3n) is 3.93. The molecule has 0 aliphatic heterocycles. The summed E-state index contributed by atoms with van der Waals surface area (Å²) in [6, 6.07) is 4.55. The molecule has 0 aromatic heterocycles. The Bertz CT molecular complexity index is 736. The number of methoxy groups -OCH3 is 1. The van der Waals surface area contributed by atoms with Crippen LogP contribution in [0.1, 0.15) is 58.3 Å². The van der Waals surface area contributed by atoms with Crippen LogP contribution in [0.3, 0.4) is 0 Å². The Morgan fingerprint density at radius 2 is 1.81 bits per heavy atom. The number of hydrogen-bond acceptors (Lipinski definition) is 4. The molecule has 1 aromatic rings. The van der Waals surface area contributed by atoms with E-state index >= 15 is 0 Å². The SMILES string of the molecule is COc1ccc(C(=O)N(C)C(C)CC(C)C)cc1S(=O)(=O)NC(C)(C)C. The van der Waals surface area contributed by atoms with Crippen LogP contribution in [0, 0.1) is 5.92 Å². The van der Waals surface area contributed by atoms with Gasteiger partial charge in [0.2, 0.25) is 10.0 Å². The zero-order valence-corrected chi connectivity index (χ0v) is 17.9. The molecule has 1 N–H and O–H groups in total. The van der Waals surface area contributed by atoms with Gasteiger partial charge in [0, 0.05) is 24.2 Å². The van der Waals surface area contributed by atoms with Gasteiger partial charge < -0.3 is 9.64 Å². The first kappa shape index (κ1) is 22.4.